The summed E-state index contributed by atoms with van der Waals surface area (Å²) >= 11 is 7.39. The molecule has 4 heterocycles. The first-order chi connectivity index (χ1) is 16.1. The third-order valence-electron chi connectivity index (χ3n) is 6.79. The first kappa shape index (κ1) is 23.8. The predicted molar refractivity (Wildman–Crippen MR) is 129 cm³/mol. The maximum absolute atomic E-state index is 14.9. The van der Waals surface area contributed by atoms with Crippen LogP contribution in [-0.4, -0.2) is 74.2 Å². The van der Waals surface area contributed by atoms with Gasteiger partial charge in [0, 0.05) is 37.1 Å². The number of aliphatic hydroxyl groups is 1. The first-order valence-electron chi connectivity index (χ1n) is 11.6. The van der Waals surface area contributed by atoms with Gasteiger partial charge in [-0.25, -0.2) is 24.1 Å². The number of hydrogen-bond acceptors (Lipinski definition) is 8. The van der Waals surface area contributed by atoms with Crippen molar-refractivity contribution >= 4 is 46.2 Å². The summed E-state index contributed by atoms with van der Waals surface area (Å²) in [5.41, 5.74) is -0.503. The Morgan fingerprint density at radius 2 is 1.97 bits per heavy atom. The second kappa shape index (κ2) is 8.64. The number of ether oxygens (including phenoxy) is 1. The van der Waals surface area contributed by atoms with Gasteiger partial charge in [0.15, 0.2) is 16.1 Å². The van der Waals surface area contributed by atoms with E-state index in [2.05, 4.69) is 14.9 Å². The Kier molecular flexibility index (Phi) is 6.05. The highest BCUT2D eigenvalue weighted by molar-refractivity contribution is 7.99. The molecule has 1 N–H and O–H groups in total. The van der Waals surface area contributed by atoms with Crippen LogP contribution in [0.1, 0.15) is 46.5 Å². The summed E-state index contributed by atoms with van der Waals surface area (Å²) in [5.74, 6) is 0.612. The minimum atomic E-state index is -0.664. The molecular weight excluding hydrogens is 481 g/mol. The summed E-state index contributed by atoms with van der Waals surface area (Å²) in [4.78, 5) is 30.0. The zero-order valence-electron chi connectivity index (χ0n) is 19.6. The number of halogens is 2. The molecule has 2 unspecified atom stereocenters. The van der Waals surface area contributed by atoms with E-state index in [0.717, 1.165) is 25.7 Å². The Hall–Kier alpha value is -1.91. The highest BCUT2D eigenvalue weighted by Crippen LogP contribution is 2.48. The largest absolute Gasteiger partial charge is 0.444 e. The van der Waals surface area contributed by atoms with Gasteiger partial charge in [0.05, 0.1) is 17.5 Å². The van der Waals surface area contributed by atoms with Gasteiger partial charge in [-0.3, -0.25) is 4.90 Å². The van der Waals surface area contributed by atoms with Crippen LogP contribution in [-0.2, 0) is 4.74 Å². The molecule has 2 atom stereocenters. The van der Waals surface area contributed by atoms with E-state index in [1.54, 1.807) is 0 Å². The van der Waals surface area contributed by atoms with Crippen molar-refractivity contribution in [3.05, 3.63) is 17.2 Å². The van der Waals surface area contributed by atoms with E-state index in [-0.39, 0.29) is 40.9 Å². The number of nitrogens with zero attached hydrogens (tertiary/aromatic N) is 5. The summed E-state index contributed by atoms with van der Waals surface area (Å²) in [6.07, 6.45) is 4.92. The van der Waals surface area contributed by atoms with Crippen molar-refractivity contribution in [3.63, 3.8) is 0 Å². The lowest BCUT2D eigenvalue weighted by Crippen LogP contribution is -2.57. The number of pyridine rings is 1. The van der Waals surface area contributed by atoms with Crippen LogP contribution < -0.4 is 4.90 Å². The van der Waals surface area contributed by atoms with Gasteiger partial charge in [-0.15, -0.1) is 0 Å². The molecular formula is C23H29ClFN5O3S. The molecule has 0 radical (unpaired) electrons. The summed E-state index contributed by atoms with van der Waals surface area (Å²) in [5, 5.41) is 10.4. The molecule has 0 aromatic carbocycles. The second-order valence-corrected chi connectivity index (χ2v) is 11.9. The van der Waals surface area contributed by atoms with E-state index in [0.29, 0.717) is 35.2 Å². The van der Waals surface area contributed by atoms with Gasteiger partial charge in [0.2, 0.25) is 0 Å². The van der Waals surface area contributed by atoms with Crippen molar-refractivity contribution in [3.8, 4) is 0 Å². The van der Waals surface area contributed by atoms with Gasteiger partial charge in [0.25, 0.3) is 0 Å². The van der Waals surface area contributed by atoms with Gasteiger partial charge < -0.3 is 14.7 Å². The lowest BCUT2D eigenvalue weighted by atomic mass is 10.1. The average molecular weight is 510 g/mol. The number of anilines is 1. The molecule has 3 aliphatic rings. The van der Waals surface area contributed by atoms with Crippen molar-refractivity contribution < 1.29 is 19.0 Å². The summed E-state index contributed by atoms with van der Waals surface area (Å²) in [6.45, 7) is 6.85. The fourth-order valence-corrected chi connectivity index (χ4v) is 6.00. The number of carbonyl (C=O) groups excluding carboxylic acids is 1. The molecule has 2 aromatic rings. The number of aromatic nitrogens is 3. The van der Waals surface area contributed by atoms with Crippen LogP contribution >= 0.6 is 23.4 Å². The SMILES string of the molecule is CC(C)(C)OC(=O)N1C2CCC1CN(c1nc(SCC3(CO)CC3)nc3c(F)c(Cl)ncc13)C2. The average Bonchev–Trinajstić information content (AvgIpc) is 3.51. The van der Waals surface area contributed by atoms with Crippen LogP contribution in [0.2, 0.25) is 5.15 Å². The van der Waals surface area contributed by atoms with E-state index >= 15 is 0 Å². The Labute approximate surface area is 207 Å². The van der Waals surface area contributed by atoms with Crippen molar-refractivity contribution in [1.29, 1.82) is 0 Å². The van der Waals surface area contributed by atoms with Crippen molar-refractivity contribution in [2.75, 3.05) is 30.3 Å². The summed E-state index contributed by atoms with van der Waals surface area (Å²) < 4.78 is 20.6. The number of amides is 1. The fraction of sp³-hybridized carbons (Fsp3) is 0.652. The van der Waals surface area contributed by atoms with E-state index in [1.165, 1.54) is 18.0 Å². The number of aliphatic hydroxyl groups excluding tert-OH is 1. The van der Waals surface area contributed by atoms with E-state index in [9.17, 15) is 14.3 Å². The number of thioether (sulfide) groups is 1. The van der Waals surface area contributed by atoms with Crippen LogP contribution in [0.25, 0.3) is 10.9 Å². The zero-order valence-corrected chi connectivity index (χ0v) is 21.1. The molecule has 1 aliphatic carbocycles. The summed E-state index contributed by atoms with van der Waals surface area (Å²) in [7, 11) is 0. The lowest BCUT2D eigenvalue weighted by Gasteiger charge is -2.42. The van der Waals surface area contributed by atoms with Gasteiger partial charge in [-0.2, -0.15) is 0 Å². The van der Waals surface area contributed by atoms with Gasteiger partial charge in [0.1, 0.15) is 16.9 Å². The molecule has 5 rings (SSSR count). The minimum Gasteiger partial charge on any atom is -0.444 e. The Balaban J connectivity index is 1.45. The van der Waals surface area contributed by atoms with Crippen LogP contribution in [0.5, 0.6) is 0 Å². The lowest BCUT2D eigenvalue weighted by molar-refractivity contribution is 0.0123. The standard InChI is InChI=1S/C23H29ClFN5O3S/c1-22(2,3)33-21(32)30-13-4-5-14(30)10-29(9-13)19-15-8-26-18(24)16(25)17(15)27-20(28-19)34-12-23(11-31)6-7-23/h8,13-14,31H,4-7,9-12H2,1-3H3. The first-order valence-corrected chi connectivity index (χ1v) is 13.0. The highest BCUT2D eigenvalue weighted by atomic mass is 35.5. The third kappa shape index (κ3) is 4.52. The molecule has 8 nitrogen and oxygen atoms in total. The highest BCUT2D eigenvalue weighted by Gasteiger charge is 2.45. The van der Waals surface area contributed by atoms with Crippen molar-refractivity contribution in [2.24, 2.45) is 5.41 Å². The molecule has 34 heavy (non-hydrogen) atoms. The van der Waals surface area contributed by atoms with Crippen LogP contribution in [0.15, 0.2) is 11.4 Å². The monoisotopic (exact) mass is 509 g/mol. The van der Waals surface area contributed by atoms with Gasteiger partial charge in [-0.1, -0.05) is 23.4 Å². The molecule has 0 spiro atoms. The Bertz CT molecular complexity index is 1110. The number of piperazine rings is 1. The predicted octanol–water partition coefficient (Wildman–Crippen LogP) is 4.27. The van der Waals surface area contributed by atoms with Crippen LogP contribution in [0.4, 0.5) is 15.0 Å². The molecule has 1 amide bonds. The Morgan fingerprint density at radius 3 is 2.56 bits per heavy atom. The van der Waals surface area contributed by atoms with Gasteiger partial charge in [-0.05, 0) is 46.5 Å². The summed E-state index contributed by atoms with van der Waals surface area (Å²) in [6, 6.07) is -0.0205. The Morgan fingerprint density at radius 1 is 1.29 bits per heavy atom. The molecule has 2 aliphatic heterocycles. The minimum absolute atomic E-state index is 0.0102. The fourth-order valence-electron chi connectivity index (χ4n) is 4.74. The number of fused-ring (bicyclic) bond motifs is 3. The zero-order chi connectivity index (χ0) is 24.3. The van der Waals surface area contributed by atoms with Gasteiger partial charge >= 0.3 is 6.09 Å². The molecule has 2 bridgehead atoms. The normalized spacial score (nSPS) is 23.5. The topological polar surface area (TPSA) is 91.7 Å². The van der Waals surface area contributed by atoms with E-state index in [1.807, 2.05) is 25.7 Å². The van der Waals surface area contributed by atoms with Crippen molar-refractivity contribution in [1.82, 2.24) is 19.9 Å². The van der Waals surface area contributed by atoms with E-state index in [4.69, 9.17) is 21.3 Å². The number of hydrogen-bond donors (Lipinski definition) is 1. The molecule has 1 saturated carbocycles. The van der Waals surface area contributed by atoms with Crippen LogP contribution in [0, 0.1) is 11.2 Å². The number of rotatable bonds is 5. The molecule has 3 fully saturated rings. The molecule has 184 valence electrons. The maximum atomic E-state index is 14.9. The van der Waals surface area contributed by atoms with Crippen molar-refractivity contribution in [2.45, 2.75) is 69.3 Å². The smallest absolute Gasteiger partial charge is 0.410 e. The van der Waals surface area contributed by atoms with E-state index < -0.39 is 11.4 Å². The maximum Gasteiger partial charge on any atom is 0.410 e. The molecule has 2 saturated heterocycles. The molecule has 11 heteroatoms. The second-order valence-electron chi connectivity index (χ2n) is 10.6. The van der Waals surface area contributed by atoms with Crippen LogP contribution in [0.3, 0.4) is 0 Å². The quantitative estimate of drug-likeness (QED) is 0.363. The number of carbonyl (C=O) groups is 1. The molecule has 2 aromatic heterocycles. The third-order valence-corrected chi connectivity index (χ3v) is 8.25.